The van der Waals surface area contributed by atoms with E-state index in [2.05, 4.69) is 5.32 Å². The van der Waals surface area contributed by atoms with Crippen LogP contribution < -0.4 is 5.32 Å². The van der Waals surface area contributed by atoms with E-state index in [9.17, 15) is 20.2 Å². The molecule has 0 bridgehead atoms. The van der Waals surface area contributed by atoms with Gasteiger partial charge in [-0.3, -0.25) is 20.2 Å². The van der Waals surface area contributed by atoms with Crippen molar-refractivity contribution in [2.75, 3.05) is 5.32 Å². The molecule has 0 saturated heterocycles. The average Bonchev–Trinajstić information content (AvgIpc) is 2.89. The van der Waals surface area contributed by atoms with Gasteiger partial charge in [0.1, 0.15) is 5.69 Å². The van der Waals surface area contributed by atoms with Crippen molar-refractivity contribution in [3.8, 4) is 0 Å². The van der Waals surface area contributed by atoms with E-state index in [1.54, 1.807) is 6.07 Å². The number of nitro groups is 2. The van der Waals surface area contributed by atoms with E-state index in [-0.39, 0.29) is 17.1 Å². The number of anilines is 1. The van der Waals surface area contributed by atoms with Crippen LogP contribution in [0.4, 0.5) is 17.1 Å². The SMILES string of the molecule is O=[N+]([O-])c1ccc(NCc2ccoc2)c([N+](=O)[O-])c1. The number of nitro benzene ring substituents is 2. The average molecular weight is 263 g/mol. The lowest BCUT2D eigenvalue weighted by molar-refractivity contribution is -0.393. The fourth-order valence-corrected chi connectivity index (χ4v) is 1.52. The molecule has 0 saturated carbocycles. The second kappa shape index (κ2) is 5.17. The Labute approximate surface area is 107 Å². The summed E-state index contributed by atoms with van der Waals surface area (Å²) in [5.41, 5.74) is 0.378. The highest BCUT2D eigenvalue weighted by molar-refractivity contribution is 5.65. The second-order valence-electron chi connectivity index (χ2n) is 3.70. The highest BCUT2D eigenvalue weighted by Crippen LogP contribution is 2.29. The summed E-state index contributed by atoms with van der Waals surface area (Å²) in [4.78, 5) is 20.1. The maximum Gasteiger partial charge on any atom is 0.299 e. The van der Waals surface area contributed by atoms with Crippen molar-refractivity contribution >= 4 is 17.1 Å². The van der Waals surface area contributed by atoms with Gasteiger partial charge in [0.2, 0.25) is 0 Å². The van der Waals surface area contributed by atoms with Crippen LogP contribution in [0.2, 0.25) is 0 Å². The number of hydrogen-bond acceptors (Lipinski definition) is 6. The van der Waals surface area contributed by atoms with Gasteiger partial charge in [-0.05, 0) is 12.1 Å². The summed E-state index contributed by atoms with van der Waals surface area (Å²) in [6, 6.07) is 5.17. The standard InChI is InChI=1S/C11H9N3O5/c15-13(16)9-1-2-10(11(5-9)14(17)18)12-6-8-3-4-19-7-8/h1-5,7,12H,6H2. The third kappa shape index (κ3) is 2.86. The normalized spacial score (nSPS) is 10.1. The third-order valence-corrected chi connectivity index (χ3v) is 2.45. The molecule has 0 spiro atoms. The summed E-state index contributed by atoms with van der Waals surface area (Å²) in [6.45, 7) is 0.329. The van der Waals surface area contributed by atoms with Crippen LogP contribution in [0.3, 0.4) is 0 Å². The minimum absolute atomic E-state index is 0.219. The molecule has 0 fully saturated rings. The minimum atomic E-state index is -0.674. The predicted octanol–water partition coefficient (Wildman–Crippen LogP) is 2.71. The Morgan fingerprint density at radius 1 is 1.16 bits per heavy atom. The maximum absolute atomic E-state index is 10.9. The number of hydrogen-bond donors (Lipinski definition) is 1. The van der Waals surface area contributed by atoms with Gasteiger partial charge in [0.05, 0.1) is 28.4 Å². The smallest absolute Gasteiger partial charge is 0.299 e. The van der Waals surface area contributed by atoms with E-state index in [0.717, 1.165) is 11.6 Å². The number of nitrogens with zero attached hydrogens (tertiary/aromatic N) is 2. The second-order valence-corrected chi connectivity index (χ2v) is 3.70. The number of benzene rings is 1. The number of non-ortho nitro benzene ring substituents is 1. The molecule has 19 heavy (non-hydrogen) atoms. The van der Waals surface area contributed by atoms with Crippen LogP contribution in [-0.4, -0.2) is 9.85 Å². The lowest BCUT2D eigenvalue weighted by atomic mass is 10.2. The molecule has 1 aromatic carbocycles. The molecule has 0 aliphatic rings. The summed E-state index contributed by atoms with van der Waals surface area (Å²) in [6.07, 6.45) is 2.99. The highest BCUT2D eigenvalue weighted by Gasteiger charge is 2.19. The molecular weight excluding hydrogens is 254 g/mol. The molecule has 1 heterocycles. The predicted molar refractivity (Wildman–Crippen MR) is 65.8 cm³/mol. The highest BCUT2D eigenvalue weighted by atomic mass is 16.6. The van der Waals surface area contributed by atoms with Crippen LogP contribution in [0.15, 0.2) is 41.2 Å². The van der Waals surface area contributed by atoms with Gasteiger partial charge in [-0.1, -0.05) is 0 Å². The summed E-state index contributed by atoms with van der Waals surface area (Å²) < 4.78 is 4.87. The molecule has 0 atom stereocenters. The van der Waals surface area contributed by atoms with E-state index in [1.807, 2.05) is 0 Å². The van der Waals surface area contributed by atoms with Gasteiger partial charge >= 0.3 is 0 Å². The van der Waals surface area contributed by atoms with E-state index in [0.29, 0.717) is 6.54 Å². The van der Waals surface area contributed by atoms with Crippen molar-refractivity contribution < 1.29 is 14.3 Å². The number of rotatable bonds is 5. The monoisotopic (exact) mass is 263 g/mol. The Bertz CT molecular complexity index is 609. The molecule has 0 amide bonds. The van der Waals surface area contributed by atoms with Gasteiger partial charge in [-0.25, -0.2) is 0 Å². The summed E-state index contributed by atoms with van der Waals surface area (Å²) >= 11 is 0. The zero-order chi connectivity index (χ0) is 13.8. The zero-order valence-corrected chi connectivity index (χ0v) is 9.61. The Morgan fingerprint density at radius 3 is 2.53 bits per heavy atom. The summed E-state index contributed by atoms with van der Waals surface area (Å²) in [5.74, 6) is 0. The van der Waals surface area contributed by atoms with Crippen molar-refractivity contribution in [1.82, 2.24) is 0 Å². The topological polar surface area (TPSA) is 111 Å². The van der Waals surface area contributed by atoms with Crippen LogP contribution in [0, 0.1) is 20.2 Å². The third-order valence-electron chi connectivity index (χ3n) is 2.45. The molecule has 8 nitrogen and oxygen atoms in total. The van der Waals surface area contributed by atoms with E-state index < -0.39 is 9.85 Å². The van der Waals surface area contributed by atoms with E-state index in [1.165, 1.54) is 24.7 Å². The Hall–Kier alpha value is -2.90. The van der Waals surface area contributed by atoms with Crippen LogP contribution in [0.25, 0.3) is 0 Å². The zero-order valence-electron chi connectivity index (χ0n) is 9.61. The molecule has 98 valence electrons. The molecule has 2 aromatic rings. The van der Waals surface area contributed by atoms with Crippen molar-refractivity contribution in [2.45, 2.75) is 6.54 Å². The Kier molecular flexibility index (Phi) is 3.42. The molecule has 1 N–H and O–H groups in total. The molecule has 0 aliphatic carbocycles. The van der Waals surface area contributed by atoms with E-state index >= 15 is 0 Å². The largest absolute Gasteiger partial charge is 0.472 e. The van der Waals surface area contributed by atoms with Crippen LogP contribution in [0.5, 0.6) is 0 Å². The summed E-state index contributed by atoms with van der Waals surface area (Å²) in [5, 5.41) is 24.3. The summed E-state index contributed by atoms with van der Waals surface area (Å²) in [7, 11) is 0. The van der Waals surface area contributed by atoms with Gasteiger partial charge in [-0.15, -0.1) is 0 Å². The Balaban J connectivity index is 2.24. The van der Waals surface area contributed by atoms with Crippen LogP contribution in [0.1, 0.15) is 5.56 Å². The first-order chi connectivity index (χ1) is 9.08. The molecular formula is C11H9N3O5. The fourth-order valence-electron chi connectivity index (χ4n) is 1.52. The van der Waals surface area contributed by atoms with Gasteiger partial charge in [0.25, 0.3) is 11.4 Å². The fraction of sp³-hybridized carbons (Fsp3) is 0.0909. The van der Waals surface area contributed by atoms with E-state index in [4.69, 9.17) is 4.42 Å². The molecule has 1 aromatic heterocycles. The lowest BCUT2D eigenvalue weighted by Gasteiger charge is -2.05. The van der Waals surface area contributed by atoms with Gasteiger partial charge < -0.3 is 9.73 Å². The van der Waals surface area contributed by atoms with Crippen molar-refractivity contribution in [3.63, 3.8) is 0 Å². The number of nitrogens with one attached hydrogen (secondary N) is 1. The lowest BCUT2D eigenvalue weighted by Crippen LogP contribution is -2.02. The molecule has 2 rings (SSSR count). The molecule has 8 heteroatoms. The van der Waals surface area contributed by atoms with Crippen LogP contribution >= 0.6 is 0 Å². The van der Waals surface area contributed by atoms with Crippen LogP contribution in [-0.2, 0) is 6.54 Å². The van der Waals surface area contributed by atoms with Crippen molar-refractivity contribution in [1.29, 1.82) is 0 Å². The quantitative estimate of drug-likeness (QED) is 0.655. The maximum atomic E-state index is 10.9. The first-order valence-electron chi connectivity index (χ1n) is 5.25. The molecule has 0 aliphatic heterocycles. The van der Waals surface area contributed by atoms with Gasteiger partial charge in [0, 0.05) is 18.2 Å². The molecule has 0 unspecified atom stereocenters. The van der Waals surface area contributed by atoms with Crippen molar-refractivity contribution in [3.05, 3.63) is 62.6 Å². The first kappa shape index (κ1) is 12.6. The molecule has 0 radical (unpaired) electrons. The van der Waals surface area contributed by atoms with Gasteiger partial charge in [0.15, 0.2) is 0 Å². The first-order valence-corrected chi connectivity index (χ1v) is 5.25. The number of furan rings is 1. The van der Waals surface area contributed by atoms with Crippen molar-refractivity contribution in [2.24, 2.45) is 0 Å². The van der Waals surface area contributed by atoms with Gasteiger partial charge in [-0.2, -0.15) is 0 Å². The Morgan fingerprint density at radius 2 is 1.95 bits per heavy atom. The minimum Gasteiger partial charge on any atom is -0.472 e.